The number of nitro groups is 1. The van der Waals surface area contributed by atoms with Crippen molar-refractivity contribution in [3.05, 3.63) is 38.9 Å². The van der Waals surface area contributed by atoms with Gasteiger partial charge in [0.15, 0.2) is 6.61 Å². The molecule has 7 nitrogen and oxygen atoms in total. The molecule has 0 bridgehead atoms. The van der Waals surface area contributed by atoms with Crippen LogP contribution in [0, 0.1) is 16.0 Å². The second kappa shape index (κ2) is 7.41. The molecule has 1 aromatic rings. The molecule has 0 radical (unpaired) electrons. The number of carbonyl (C=O) groups excluding carboxylic acids is 2. The van der Waals surface area contributed by atoms with Crippen molar-refractivity contribution in [1.82, 2.24) is 4.90 Å². The minimum Gasteiger partial charge on any atom is -0.452 e. The average Bonchev–Trinajstić information content (AvgIpc) is 2.52. The van der Waals surface area contributed by atoms with E-state index in [1.54, 1.807) is 4.90 Å². The number of piperidine rings is 1. The number of benzene rings is 1. The van der Waals surface area contributed by atoms with E-state index >= 15 is 0 Å². The highest BCUT2D eigenvalue weighted by atomic mass is 35.5. The summed E-state index contributed by atoms with van der Waals surface area (Å²) in [7, 11) is 0. The minimum atomic E-state index is -0.775. The molecule has 1 amide bonds. The zero-order chi connectivity index (χ0) is 17.0. The Labute approximate surface area is 138 Å². The number of esters is 1. The number of amides is 1. The van der Waals surface area contributed by atoms with Crippen molar-refractivity contribution < 1.29 is 19.2 Å². The van der Waals surface area contributed by atoms with Gasteiger partial charge in [0.25, 0.3) is 11.6 Å². The molecule has 0 N–H and O–H groups in total. The fourth-order valence-corrected chi connectivity index (χ4v) is 2.75. The number of nitrogens with zero attached hydrogens (tertiary/aromatic N) is 2. The van der Waals surface area contributed by atoms with Crippen molar-refractivity contribution in [3.8, 4) is 0 Å². The second-order valence-corrected chi connectivity index (χ2v) is 5.99. The van der Waals surface area contributed by atoms with Gasteiger partial charge in [0.1, 0.15) is 0 Å². The maximum absolute atomic E-state index is 12.0. The van der Waals surface area contributed by atoms with Gasteiger partial charge in [-0.3, -0.25) is 14.9 Å². The van der Waals surface area contributed by atoms with Gasteiger partial charge in [0, 0.05) is 25.2 Å². The molecule has 2 rings (SSSR count). The Hall–Kier alpha value is -2.15. The van der Waals surface area contributed by atoms with Crippen molar-refractivity contribution in [2.75, 3.05) is 19.7 Å². The number of carbonyl (C=O) groups is 2. The predicted molar refractivity (Wildman–Crippen MR) is 83.4 cm³/mol. The van der Waals surface area contributed by atoms with Gasteiger partial charge >= 0.3 is 5.97 Å². The van der Waals surface area contributed by atoms with Crippen LogP contribution in [0.2, 0.25) is 5.02 Å². The van der Waals surface area contributed by atoms with Gasteiger partial charge in [-0.05, 0) is 24.8 Å². The summed E-state index contributed by atoms with van der Waals surface area (Å²) in [6.45, 7) is 3.04. The molecule has 1 atom stereocenters. The molecule has 8 heteroatoms. The summed E-state index contributed by atoms with van der Waals surface area (Å²) in [5, 5.41) is 10.6. The topological polar surface area (TPSA) is 89.8 Å². The van der Waals surface area contributed by atoms with Gasteiger partial charge in [-0.2, -0.15) is 0 Å². The molecule has 0 unspecified atom stereocenters. The lowest BCUT2D eigenvalue weighted by atomic mass is 10.0. The third-order valence-corrected chi connectivity index (χ3v) is 4.03. The summed E-state index contributed by atoms with van der Waals surface area (Å²) in [5.74, 6) is -0.584. The lowest BCUT2D eigenvalue weighted by molar-refractivity contribution is -0.384. The van der Waals surface area contributed by atoms with E-state index in [9.17, 15) is 19.7 Å². The molecule has 1 saturated heterocycles. The van der Waals surface area contributed by atoms with E-state index in [1.807, 2.05) is 0 Å². The van der Waals surface area contributed by atoms with Gasteiger partial charge in [-0.15, -0.1) is 0 Å². The minimum absolute atomic E-state index is 0.00270. The third kappa shape index (κ3) is 4.41. The van der Waals surface area contributed by atoms with Crippen LogP contribution in [0.25, 0.3) is 0 Å². The number of ether oxygens (including phenoxy) is 1. The molecule has 1 heterocycles. The first-order valence-electron chi connectivity index (χ1n) is 7.27. The zero-order valence-electron chi connectivity index (χ0n) is 12.7. The van der Waals surface area contributed by atoms with E-state index in [4.69, 9.17) is 16.3 Å². The van der Waals surface area contributed by atoms with Crippen molar-refractivity contribution >= 4 is 29.2 Å². The lowest BCUT2D eigenvalue weighted by Crippen LogP contribution is -2.41. The second-order valence-electron chi connectivity index (χ2n) is 5.58. The van der Waals surface area contributed by atoms with Gasteiger partial charge in [-0.1, -0.05) is 18.5 Å². The largest absolute Gasteiger partial charge is 0.452 e. The maximum atomic E-state index is 12.0. The van der Waals surface area contributed by atoms with Crippen LogP contribution in [0.5, 0.6) is 0 Å². The SMILES string of the molecule is C[C@H]1CCCN(C(=O)COC(=O)c2ccc([N+](=O)[O-])cc2Cl)C1. The number of hydrogen-bond acceptors (Lipinski definition) is 5. The molecule has 0 spiro atoms. The zero-order valence-corrected chi connectivity index (χ0v) is 13.4. The lowest BCUT2D eigenvalue weighted by Gasteiger charge is -2.30. The Bertz CT molecular complexity index is 634. The van der Waals surface area contributed by atoms with Gasteiger partial charge in [0.05, 0.1) is 15.5 Å². The number of nitro benzene ring substituents is 1. The Kier molecular flexibility index (Phi) is 5.54. The fraction of sp³-hybridized carbons (Fsp3) is 0.467. The van der Waals surface area contributed by atoms with Crippen molar-refractivity contribution in [1.29, 1.82) is 0 Å². The number of rotatable bonds is 4. The van der Waals surface area contributed by atoms with Crippen LogP contribution in [0.4, 0.5) is 5.69 Å². The van der Waals surface area contributed by atoms with Crippen molar-refractivity contribution in [2.45, 2.75) is 19.8 Å². The Balaban J connectivity index is 1.94. The highest BCUT2D eigenvalue weighted by Crippen LogP contribution is 2.23. The van der Waals surface area contributed by atoms with Gasteiger partial charge < -0.3 is 9.64 Å². The predicted octanol–water partition coefficient (Wildman–Crippen LogP) is 2.66. The third-order valence-electron chi connectivity index (χ3n) is 3.72. The van der Waals surface area contributed by atoms with E-state index in [2.05, 4.69) is 6.92 Å². The Morgan fingerprint density at radius 1 is 1.48 bits per heavy atom. The standard InChI is InChI=1S/C15H17ClN2O5/c1-10-3-2-6-17(8-10)14(19)9-23-15(20)12-5-4-11(18(21)22)7-13(12)16/h4-5,7,10H,2-3,6,8-9H2,1H3/t10-/m0/s1. The molecule has 1 aromatic carbocycles. The van der Waals surface area contributed by atoms with E-state index < -0.39 is 10.9 Å². The van der Waals surface area contributed by atoms with Crippen LogP contribution in [0.1, 0.15) is 30.1 Å². The van der Waals surface area contributed by atoms with Crippen LogP contribution >= 0.6 is 11.6 Å². The van der Waals surface area contributed by atoms with Crippen molar-refractivity contribution in [2.24, 2.45) is 5.92 Å². The summed E-state index contributed by atoms with van der Waals surface area (Å²) in [5.41, 5.74) is -0.220. The first-order chi connectivity index (χ1) is 10.9. The van der Waals surface area contributed by atoms with Crippen LogP contribution in [-0.4, -0.2) is 41.4 Å². The summed E-state index contributed by atoms with van der Waals surface area (Å²) >= 11 is 5.85. The molecule has 0 aromatic heterocycles. The number of likely N-dealkylation sites (tertiary alicyclic amines) is 1. The van der Waals surface area contributed by atoms with Crippen LogP contribution < -0.4 is 0 Å². The van der Waals surface area contributed by atoms with E-state index in [0.717, 1.165) is 25.0 Å². The summed E-state index contributed by atoms with van der Waals surface area (Å²) in [6, 6.07) is 3.46. The Morgan fingerprint density at radius 3 is 2.83 bits per heavy atom. The van der Waals surface area contributed by atoms with Crippen LogP contribution in [-0.2, 0) is 9.53 Å². The highest BCUT2D eigenvalue weighted by molar-refractivity contribution is 6.33. The molecule has 1 fully saturated rings. The summed E-state index contributed by atoms with van der Waals surface area (Å²) in [6.07, 6.45) is 2.02. The van der Waals surface area contributed by atoms with Crippen LogP contribution in [0.15, 0.2) is 18.2 Å². The highest BCUT2D eigenvalue weighted by Gasteiger charge is 2.23. The number of halogens is 1. The quantitative estimate of drug-likeness (QED) is 0.477. The fourth-order valence-electron chi connectivity index (χ4n) is 2.50. The summed E-state index contributed by atoms with van der Waals surface area (Å²) in [4.78, 5) is 35.7. The van der Waals surface area contributed by atoms with E-state index in [0.29, 0.717) is 19.0 Å². The smallest absolute Gasteiger partial charge is 0.340 e. The van der Waals surface area contributed by atoms with Crippen LogP contribution in [0.3, 0.4) is 0 Å². The molecule has 1 aliphatic rings. The molecule has 23 heavy (non-hydrogen) atoms. The Morgan fingerprint density at radius 2 is 2.22 bits per heavy atom. The van der Waals surface area contributed by atoms with Gasteiger partial charge in [-0.25, -0.2) is 4.79 Å². The monoisotopic (exact) mass is 340 g/mol. The molecular weight excluding hydrogens is 324 g/mol. The van der Waals surface area contributed by atoms with E-state index in [-0.39, 0.29) is 28.8 Å². The molecule has 0 aliphatic carbocycles. The number of non-ortho nitro benzene ring substituents is 1. The van der Waals surface area contributed by atoms with E-state index in [1.165, 1.54) is 6.07 Å². The van der Waals surface area contributed by atoms with Crippen molar-refractivity contribution in [3.63, 3.8) is 0 Å². The molecule has 124 valence electrons. The first-order valence-corrected chi connectivity index (χ1v) is 7.65. The first kappa shape index (κ1) is 17.2. The molecule has 0 saturated carbocycles. The summed E-state index contributed by atoms with van der Waals surface area (Å²) < 4.78 is 4.98. The molecular formula is C15H17ClN2O5. The average molecular weight is 341 g/mol. The maximum Gasteiger partial charge on any atom is 0.340 e. The normalized spacial score (nSPS) is 17.7. The number of hydrogen-bond donors (Lipinski definition) is 0. The molecule has 1 aliphatic heterocycles. The van der Waals surface area contributed by atoms with Gasteiger partial charge in [0.2, 0.25) is 0 Å².